The van der Waals surface area contributed by atoms with E-state index in [1.54, 1.807) is 0 Å². The highest BCUT2D eigenvalue weighted by molar-refractivity contribution is 9.10. The van der Waals surface area contributed by atoms with Crippen LogP contribution in [0.4, 0.5) is 0 Å². The van der Waals surface area contributed by atoms with Gasteiger partial charge in [0.05, 0.1) is 6.04 Å². The van der Waals surface area contributed by atoms with Crippen LogP contribution in [0, 0.1) is 11.8 Å². The predicted molar refractivity (Wildman–Crippen MR) is 82.5 cm³/mol. The molecule has 1 fully saturated rings. The van der Waals surface area contributed by atoms with Crippen molar-refractivity contribution in [3.05, 3.63) is 34.3 Å². The molecule has 0 aromatic heterocycles. The number of halogens is 1. The van der Waals surface area contributed by atoms with Crippen molar-refractivity contribution >= 4 is 21.7 Å². The maximum atomic E-state index is 12.5. The third-order valence-electron chi connectivity index (χ3n) is 4.25. The van der Waals surface area contributed by atoms with Crippen molar-refractivity contribution in [2.45, 2.75) is 33.2 Å². The Morgan fingerprint density at radius 2 is 1.89 bits per heavy atom. The summed E-state index contributed by atoms with van der Waals surface area (Å²) in [6.45, 7) is 8.69. The Kier molecular flexibility index (Phi) is 4.80. The molecule has 2 unspecified atom stereocenters. The van der Waals surface area contributed by atoms with Gasteiger partial charge in [0.25, 0.3) is 0 Å². The van der Waals surface area contributed by atoms with Gasteiger partial charge in [0, 0.05) is 16.6 Å². The minimum Gasteiger partial charge on any atom is -0.293 e. The summed E-state index contributed by atoms with van der Waals surface area (Å²) in [6.07, 6.45) is 1.22. The van der Waals surface area contributed by atoms with Crippen LogP contribution in [0.1, 0.15) is 37.6 Å². The van der Waals surface area contributed by atoms with Gasteiger partial charge in [0.1, 0.15) is 0 Å². The van der Waals surface area contributed by atoms with E-state index in [4.69, 9.17) is 0 Å². The lowest BCUT2D eigenvalue weighted by Crippen LogP contribution is -2.37. The van der Waals surface area contributed by atoms with Crippen LogP contribution in [0.25, 0.3) is 0 Å². The van der Waals surface area contributed by atoms with Gasteiger partial charge in [-0.3, -0.25) is 9.69 Å². The van der Waals surface area contributed by atoms with Crippen molar-refractivity contribution in [3.63, 3.8) is 0 Å². The minimum atomic E-state index is -0.00933. The zero-order chi connectivity index (χ0) is 14.0. The Morgan fingerprint density at radius 1 is 1.26 bits per heavy atom. The van der Waals surface area contributed by atoms with Crippen LogP contribution in [0.3, 0.4) is 0 Å². The zero-order valence-electron chi connectivity index (χ0n) is 11.9. The summed E-state index contributed by atoms with van der Waals surface area (Å²) >= 11 is 3.40. The maximum Gasteiger partial charge on any atom is 0.179 e. The summed E-state index contributed by atoms with van der Waals surface area (Å²) in [7, 11) is 0. The van der Waals surface area contributed by atoms with Gasteiger partial charge >= 0.3 is 0 Å². The number of benzene rings is 1. The van der Waals surface area contributed by atoms with Gasteiger partial charge in [0.15, 0.2) is 5.78 Å². The van der Waals surface area contributed by atoms with Crippen molar-refractivity contribution < 1.29 is 4.79 Å². The van der Waals surface area contributed by atoms with Crippen LogP contribution in [0.15, 0.2) is 28.7 Å². The highest BCUT2D eigenvalue weighted by atomic mass is 79.9. The highest BCUT2D eigenvalue weighted by Gasteiger charge is 2.31. The summed E-state index contributed by atoms with van der Waals surface area (Å²) in [6, 6.07) is 7.66. The van der Waals surface area contributed by atoms with E-state index in [1.165, 1.54) is 6.42 Å². The number of likely N-dealkylation sites (tertiary alicyclic amines) is 1. The summed E-state index contributed by atoms with van der Waals surface area (Å²) in [5.74, 6) is 1.68. The normalized spacial score (nSPS) is 21.8. The molecule has 1 aliphatic heterocycles. The maximum absolute atomic E-state index is 12.5. The molecule has 0 radical (unpaired) electrons. The zero-order valence-corrected chi connectivity index (χ0v) is 13.5. The topological polar surface area (TPSA) is 20.3 Å². The first-order chi connectivity index (χ1) is 8.99. The van der Waals surface area contributed by atoms with Gasteiger partial charge in [-0.05, 0) is 43.9 Å². The van der Waals surface area contributed by atoms with Crippen molar-refractivity contribution in [3.8, 4) is 0 Å². The first-order valence-electron chi connectivity index (χ1n) is 7.03. The Bertz CT molecular complexity index is 441. The molecule has 0 spiro atoms. The Labute approximate surface area is 124 Å². The second kappa shape index (κ2) is 6.19. The Morgan fingerprint density at radius 3 is 2.42 bits per heavy atom. The number of hydrogen-bond donors (Lipinski definition) is 0. The van der Waals surface area contributed by atoms with E-state index in [0.29, 0.717) is 5.92 Å². The van der Waals surface area contributed by atoms with Crippen LogP contribution < -0.4 is 0 Å². The molecule has 0 amide bonds. The summed E-state index contributed by atoms with van der Waals surface area (Å²) in [5, 5.41) is 0. The van der Waals surface area contributed by atoms with E-state index >= 15 is 0 Å². The lowest BCUT2D eigenvalue weighted by molar-refractivity contribution is 0.0860. The number of carbonyl (C=O) groups excluding carboxylic acids is 1. The van der Waals surface area contributed by atoms with E-state index < -0.39 is 0 Å². The van der Waals surface area contributed by atoms with E-state index in [-0.39, 0.29) is 11.8 Å². The predicted octanol–water partition coefficient (Wildman–Crippen LogP) is 4.00. The third kappa shape index (κ3) is 3.46. The standard InChI is InChI=1S/C16H22BrNO/c1-11(2)14-8-9-18(10-14)12(3)16(19)13-4-6-15(17)7-5-13/h4-7,11-12,14H,8-10H2,1-3H3. The monoisotopic (exact) mass is 323 g/mol. The number of rotatable bonds is 4. The largest absolute Gasteiger partial charge is 0.293 e. The molecule has 1 aromatic carbocycles. The molecule has 1 saturated heterocycles. The van der Waals surface area contributed by atoms with E-state index in [2.05, 4.69) is 34.7 Å². The van der Waals surface area contributed by atoms with Crippen molar-refractivity contribution in [2.75, 3.05) is 13.1 Å². The summed E-state index contributed by atoms with van der Waals surface area (Å²) < 4.78 is 1.01. The van der Waals surface area contributed by atoms with Gasteiger partial charge in [-0.25, -0.2) is 0 Å². The Hall–Kier alpha value is -0.670. The van der Waals surface area contributed by atoms with Gasteiger partial charge in [-0.15, -0.1) is 0 Å². The first-order valence-corrected chi connectivity index (χ1v) is 7.82. The van der Waals surface area contributed by atoms with E-state index in [1.807, 2.05) is 31.2 Å². The molecule has 3 heteroatoms. The van der Waals surface area contributed by atoms with Crippen LogP contribution in [-0.2, 0) is 0 Å². The number of Topliss-reactive ketones (excluding diaryl/α,β-unsaturated/α-hetero) is 1. The average molecular weight is 324 g/mol. The molecule has 1 aliphatic rings. The molecule has 19 heavy (non-hydrogen) atoms. The summed E-state index contributed by atoms with van der Waals surface area (Å²) in [4.78, 5) is 14.8. The smallest absolute Gasteiger partial charge is 0.179 e. The molecule has 2 nitrogen and oxygen atoms in total. The van der Waals surface area contributed by atoms with Crippen LogP contribution >= 0.6 is 15.9 Å². The molecule has 104 valence electrons. The average Bonchev–Trinajstić information content (AvgIpc) is 2.87. The fourth-order valence-electron chi connectivity index (χ4n) is 2.73. The molecule has 1 heterocycles. The quantitative estimate of drug-likeness (QED) is 0.780. The van der Waals surface area contributed by atoms with Crippen LogP contribution in [0.2, 0.25) is 0 Å². The lowest BCUT2D eigenvalue weighted by Gasteiger charge is -2.24. The lowest BCUT2D eigenvalue weighted by atomic mass is 9.95. The number of ketones is 1. The second-order valence-corrected chi connectivity index (χ2v) is 6.75. The molecule has 0 bridgehead atoms. The van der Waals surface area contributed by atoms with Gasteiger partial charge < -0.3 is 0 Å². The van der Waals surface area contributed by atoms with Gasteiger partial charge in [-0.1, -0.05) is 41.9 Å². The second-order valence-electron chi connectivity index (χ2n) is 5.83. The Balaban J connectivity index is 2.02. The first kappa shape index (κ1) is 14.7. The molecule has 0 saturated carbocycles. The van der Waals surface area contributed by atoms with E-state index in [0.717, 1.165) is 29.0 Å². The molecular formula is C16H22BrNO. The highest BCUT2D eigenvalue weighted by Crippen LogP contribution is 2.26. The molecule has 2 atom stereocenters. The van der Waals surface area contributed by atoms with Gasteiger partial charge in [0.2, 0.25) is 0 Å². The van der Waals surface area contributed by atoms with Crippen LogP contribution in [0.5, 0.6) is 0 Å². The van der Waals surface area contributed by atoms with E-state index in [9.17, 15) is 4.79 Å². The van der Waals surface area contributed by atoms with Crippen molar-refractivity contribution in [1.82, 2.24) is 4.90 Å². The molecule has 0 aliphatic carbocycles. The van der Waals surface area contributed by atoms with Crippen LogP contribution in [-0.4, -0.2) is 29.8 Å². The molecule has 1 aromatic rings. The SMILES string of the molecule is CC(C)C1CCN(C(C)C(=O)c2ccc(Br)cc2)C1. The van der Waals surface area contributed by atoms with Gasteiger partial charge in [-0.2, -0.15) is 0 Å². The number of nitrogens with zero attached hydrogens (tertiary/aromatic N) is 1. The minimum absolute atomic E-state index is 0.00933. The fourth-order valence-corrected chi connectivity index (χ4v) is 3.00. The third-order valence-corrected chi connectivity index (χ3v) is 4.78. The van der Waals surface area contributed by atoms with Crippen molar-refractivity contribution in [1.29, 1.82) is 0 Å². The molecular weight excluding hydrogens is 302 g/mol. The number of carbonyl (C=O) groups is 1. The summed E-state index contributed by atoms with van der Waals surface area (Å²) in [5.41, 5.74) is 0.809. The molecule has 0 N–H and O–H groups in total. The fraction of sp³-hybridized carbons (Fsp3) is 0.562. The van der Waals surface area contributed by atoms with Crippen molar-refractivity contribution in [2.24, 2.45) is 11.8 Å². The molecule has 2 rings (SSSR count). The number of hydrogen-bond acceptors (Lipinski definition) is 2.